The zero-order valence-electron chi connectivity index (χ0n) is 11.5. The highest BCUT2D eigenvalue weighted by Crippen LogP contribution is 2.29. The van der Waals surface area contributed by atoms with E-state index in [-0.39, 0.29) is 5.54 Å². The Hall–Kier alpha value is 0.01000. The van der Waals surface area contributed by atoms with Crippen molar-refractivity contribution in [2.24, 2.45) is 0 Å². The molecular weight excluding hydrogens is 305 g/mol. The van der Waals surface area contributed by atoms with Crippen LogP contribution in [0.1, 0.15) is 26.3 Å². The number of hydrogen-bond acceptors (Lipinski definition) is 2. The van der Waals surface area contributed by atoms with Crippen LogP contribution in [-0.2, 0) is 11.2 Å². The minimum atomic E-state index is 0.117. The highest BCUT2D eigenvalue weighted by atomic mass is 35.5. The van der Waals surface area contributed by atoms with Crippen LogP contribution in [0, 0.1) is 0 Å². The van der Waals surface area contributed by atoms with Crippen LogP contribution >= 0.6 is 34.8 Å². The Labute approximate surface area is 130 Å². The SMILES string of the molecule is CC(C)(C)NCCOCCc1c(Cl)cc(Cl)cc1Cl. The third-order valence-electron chi connectivity index (χ3n) is 2.50. The van der Waals surface area contributed by atoms with Crippen LogP contribution in [0.4, 0.5) is 0 Å². The van der Waals surface area contributed by atoms with Crippen molar-refractivity contribution in [2.45, 2.75) is 32.7 Å². The van der Waals surface area contributed by atoms with Gasteiger partial charge >= 0.3 is 0 Å². The summed E-state index contributed by atoms with van der Waals surface area (Å²) < 4.78 is 5.56. The standard InChI is InChI=1S/C14H20Cl3NO/c1-14(2,3)18-5-7-19-6-4-11-12(16)8-10(15)9-13(11)17/h8-9,18H,4-7H2,1-3H3. The minimum absolute atomic E-state index is 0.117. The molecule has 1 N–H and O–H groups in total. The fourth-order valence-corrected chi connectivity index (χ4v) is 2.59. The Morgan fingerprint density at radius 2 is 1.63 bits per heavy atom. The van der Waals surface area contributed by atoms with Gasteiger partial charge in [0.25, 0.3) is 0 Å². The van der Waals surface area contributed by atoms with Crippen LogP contribution in [0.5, 0.6) is 0 Å². The van der Waals surface area contributed by atoms with E-state index < -0.39 is 0 Å². The number of hydrogen-bond donors (Lipinski definition) is 1. The molecule has 0 spiro atoms. The first-order valence-electron chi connectivity index (χ1n) is 6.26. The van der Waals surface area contributed by atoms with Gasteiger partial charge in [-0.2, -0.15) is 0 Å². The fraction of sp³-hybridized carbons (Fsp3) is 0.571. The number of nitrogens with one attached hydrogen (secondary N) is 1. The molecule has 0 aliphatic carbocycles. The first-order chi connectivity index (χ1) is 8.79. The van der Waals surface area contributed by atoms with E-state index in [1.807, 2.05) is 0 Å². The predicted molar refractivity (Wildman–Crippen MR) is 83.8 cm³/mol. The van der Waals surface area contributed by atoms with E-state index in [0.717, 1.165) is 12.1 Å². The lowest BCUT2D eigenvalue weighted by atomic mass is 10.1. The van der Waals surface area contributed by atoms with Crippen molar-refractivity contribution in [1.29, 1.82) is 0 Å². The number of benzene rings is 1. The van der Waals surface area contributed by atoms with Crippen molar-refractivity contribution in [3.05, 3.63) is 32.8 Å². The largest absolute Gasteiger partial charge is 0.380 e. The molecule has 2 nitrogen and oxygen atoms in total. The van der Waals surface area contributed by atoms with Gasteiger partial charge in [0.05, 0.1) is 13.2 Å². The molecule has 1 aromatic rings. The topological polar surface area (TPSA) is 21.3 Å². The third-order valence-corrected chi connectivity index (χ3v) is 3.40. The maximum atomic E-state index is 6.10. The van der Waals surface area contributed by atoms with E-state index in [1.54, 1.807) is 12.1 Å². The molecule has 0 aromatic heterocycles. The quantitative estimate of drug-likeness (QED) is 0.773. The Morgan fingerprint density at radius 1 is 1.05 bits per heavy atom. The van der Waals surface area contributed by atoms with Crippen LogP contribution < -0.4 is 5.32 Å². The van der Waals surface area contributed by atoms with E-state index in [4.69, 9.17) is 39.5 Å². The molecule has 5 heteroatoms. The normalized spacial score (nSPS) is 11.9. The van der Waals surface area contributed by atoms with E-state index in [9.17, 15) is 0 Å². The molecule has 0 saturated heterocycles. The molecule has 1 rings (SSSR count). The Bertz CT molecular complexity index is 393. The van der Waals surface area contributed by atoms with Gasteiger partial charge in [-0.25, -0.2) is 0 Å². The second-order valence-corrected chi connectivity index (χ2v) is 6.64. The molecule has 108 valence electrons. The first kappa shape index (κ1) is 17.1. The van der Waals surface area contributed by atoms with Gasteiger partial charge < -0.3 is 10.1 Å². The molecule has 0 aliphatic heterocycles. The van der Waals surface area contributed by atoms with Crippen molar-refractivity contribution in [1.82, 2.24) is 5.32 Å². The van der Waals surface area contributed by atoms with Crippen LogP contribution in [0.25, 0.3) is 0 Å². The molecule has 1 aromatic carbocycles. The summed E-state index contributed by atoms with van der Waals surface area (Å²) >= 11 is 18.1. The number of rotatable bonds is 6. The van der Waals surface area contributed by atoms with Gasteiger partial charge in [-0.1, -0.05) is 34.8 Å². The lowest BCUT2D eigenvalue weighted by Crippen LogP contribution is -2.38. The van der Waals surface area contributed by atoms with Crippen LogP contribution in [-0.4, -0.2) is 25.3 Å². The van der Waals surface area contributed by atoms with Crippen LogP contribution in [0.3, 0.4) is 0 Å². The highest BCUT2D eigenvalue weighted by Gasteiger charge is 2.09. The van der Waals surface area contributed by atoms with Gasteiger partial charge in [0.2, 0.25) is 0 Å². The molecule has 0 radical (unpaired) electrons. The van der Waals surface area contributed by atoms with Crippen molar-refractivity contribution < 1.29 is 4.74 Å². The Morgan fingerprint density at radius 3 is 2.16 bits per heavy atom. The zero-order valence-corrected chi connectivity index (χ0v) is 13.8. The maximum Gasteiger partial charge on any atom is 0.0591 e. The molecule has 0 bridgehead atoms. The van der Waals surface area contributed by atoms with E-state index in [0.29, 0.717) is 34.7 Å². The van der Waals surface area contributed by atoms with Crippen molar-refractivity contribution in [3.63, 3.8) is 0 Å². The second kappa shape index (κ2) is 7.70. The Kier molecular flexibility index (Phi) is 6.92. The summed E-state index contributed by atoms with van der Waals surface area (Å²) in [5.74, 6) is 0. The minimum Gasteiger partial charge on any atom is -0.380 e. The van der Waals surface area contributed by atoms with Gasteiger partial charge in [0.15, 0.2) is 0 Å². The summed E-state index contributed by atoms with van der Waals surface area (Å²) in [6, 6.07) is 3.40. The Balaban J connectivity index is 2.30. The molecular formula is C14H20Cl3NO. The summed E-state index contributed by atoms with van der Waals surface area (Å²) in [5, 5.41) is 5.09. The zero-order chi connectivity index (χ0) is 14.5. The summed E-state index contributed by atoms with van der Waals surface area (Å²) in [6.07, 6.45) is 0.685. The lowest BCUT2D eigenvalue weighted by Gasteiger charge is -2.20. The molecule has 0 fully saturated rings. The molecule has 0 heterocycles. The van der Waals surface area contributed by atoms with Gasteiger partial charge in [-0.15, -0.1) is 0 Å². The van der Waals surface area contributed by atoms with Crippen LogP contribution in [0.2, 0.25) is 15.1 Å². The van der Waals surface area contributed by atoms with E-state index in [2.05, 4.69) is 26.1 Å². The molecule has 0 aliphatic rings. The smallest absolute Gasteiger partial charge is 0.0591 e. The number of halogens is 3. The van der Waals surface area contributed by atoms with Crippen molar-refractivity contribution >= 4 is 34.8 Å². The molecule has 0 atom stereocenters. The predicted octanol–water partition coefficient (Wildman–Crippen LogP) is 4.59. The first-order valence-corrected chi connectivity index (χ1v) is 7.39. The van der Waals surface area contributed by atoms with Gasteiger partial charge in [-0.3, -0.25) is 0 Å². The van der Waals surface area contributed by atoms with E-state index >= 15 is 0 Å². The average Bonchev–Trinajstić information content (AvgIpc) is 2.24. The fourth-order valence-electron chi connectivity index (χ4n) is 1.59. The van der Waals surface area contributed by atoms with Crippen LogP contribution in [0.15, 0.2) is 12.1 Å². The average molecular weight is 325 g/mol. The lowest BCUT2D eigenvalue weighted by molar-refractivity contribution is 0.134. The molecule has 0 saturated carbocycles. The number of ether oxygens (including phenoxy) is 1. The summed E-state index contributed by atoms with van der Waals surface area (Å²) in [4.78, 5) is 0. The molecule has 0 unspecified atom stereocenters. The molecule has 19 heavy (non-hydrogen) atoms. The van der Waals surface area contributed by atoms with Gasteiger partial charge in [0, 0.05) is 27.2 Å². The van der Waals surface area contributed by atoms with Gasteiger partial charge in [0.1, 0.15) is 0 Å². The molecule has 0 amide bonds. The third kappa shape index (κ3) is 6.82. The second-order valence-electron chi connectivity index (χ2n) is 5.39. The monoisotopic (exact) mass is 323 g/mol. The highest BCUT2D eigenvalue weighted by molar-refractivity contribution is 6.39. The summed E-state index contributed by atoms with van der Waals surface area (Å²) in [6.45, 7) is 8.46. The maximum absolute atomic E-state index is 6.10. The van der Waals surface area contributed by atoms with Crippen molar-refractivity contribution in [3.8, 4) is 0 Å². The van der Waals surface area contributed by atoms with Crippen molar-refractivity contribution in [2.75, 3.05) is 19.8 Å². The van der Waals surface area contributed by atoms with Gasteiger partial charge in [-0.05, 0) is 44.9 Å². The van der Waals surface area contributed by atoms with E-state index in [1.165, 1.54) is 0 Å². The summed E-state index contributed by atoms with van der Waals surface area (Å²) in [5.41, 5.74) is 1.00. The summed E-state index contributed by atoms with van der Waals surface area (Å²) in [7, 11) is 0.